The van der Waals surface area contributed by atoms with Gasteiger partial charge in [-0.2, -0.15) is 10.2 Å². The van der Waals surface area contributed by atoms with E-state index in [9.17, 15) is 0 Å². The number of pyridine rings is 1. The van der Waals surface area contributed by atoms with Gasteiger partial charge in [-0.05, 0) is 55.4 Å². The smallest absolute Gasteiger partial charge is 0.164 e. The predicted octanol–water partition coefficient (Wildman–Crippen LogP) is 4.89. The normalized spacial score (nSPS) is 19.2. The summed E-state index contributed by atoms with van der Waals surface area (Å²) in [6.07, 6.45) is 8.62. The highest BCUT2D eigenvalue weighted by molar-refractivity contribution is 6.02. The first-order chi connectivity index (χ1) is 18.7. The lowest BCUT2D eigenvalue weighted by Gasteiger charge is -2.33. The average molecular weight is 499 g/mol. The van der Waals surface area contributed by atoms with Crippen molar-refractivity contribution in [1.82, 2.24) is 34.7 Å². The Morgan fingerprint density at radius 2 is 1.74 bits per heavy atom. The molecule has 2 fully saturated rings. The van der Waals surface area contributed by atoms with Gasteiger partial charge in [-0.3, -0.25) is 15.0 Å². The van der Waals surface area contributed by atoms with Crippen molar-refractivity contribution in [3.05, 3.63) is 85.5 Å². The van der Waals surface area contributed by atoms with E-state index < -0.39 is 0 Å². The quantitative estimate of drug-likeness (QED) is 0.373. The largest absolute Gasteiger partial charge is 0.366 e. The Hall–Kier alpha value is -4.56. The lowest BCUT2D eigenvalue weighted by atomic mass is 9.99. The summed E-state index contributed by atoms with van der Waals surface area (Å²) in [5.74, 6) is 0. The topological polar surface area (TPSA) is 78.2 Å². The molecule has 8 nitrogen and oxygen atoms in total. The first-order valence-electron chi connectivity index (χ1n) is 13.0. The van der Waals surface area contributed by atoms with Crippen LogP contribution in [0.25, 0.3) is 50.2 Å². The number of piperazine rings is 1. The molecule has 0 spiro atoms. The Kier molecular flexibility index (Phi) is 4.66. The first kappa shape index (κ1) is 21.5. The van der Waals surface area contributed by atoms with E-state index in [1.807, 2.05) is 47.2 Å². The predicted molar refractivity (Wildman–Crippen MR) is 149 cm³/mol. The number of aromatic amines is 1. The Morgan fingerprint density at radius 3 is 2.53 bits per heavy atom. The first-order valence-corrected chi connectivity index (χ1v) is 13.0. The van der Waals surface area contributed by atoms with Gasteiger partial charge in [-0.15, -0.1) is 0 Å². The highest BCUT2D eigenvalue weighted by atomic mass is 15.3. The maximum Gasteiger partial charge on any atom is 0.164 e. The van der Waals surface area contributed by atoms with Crippen LogP contribution in [0.15, 0.2) is 85.5 Å². The number of nitrogens with one attached hydrogen (secondary N) is 1. The molecule has 0 amide bonds. The van der Waals surface area contributed by atoms with E-state index in [1.54, 1.807) is 12.4 Å². The number of rotatable bonds is 4. The van der Waals surface area contributed by atoms with E-state index in [2.05, 4.69) is 62.4 Å². The summed E-state index contributed by atoms with van der Waals surface area (Å²) in [5, 5.41) is 13.6. The van der Waals surface area contributed by atoms with Crippen molar-refractivity contribution in [1.29, 1.82) is 0 Å². The highest BCUT2D eigenvalue weighted by Crippen LogP contribution is 2.39. The van der Waals surface area contributed by atoms with Crippen LogP contribution in [-0.4, -0.2) is 66.9 Å². The molecule has 6 heterocycles. The molecule has 2 aromatic carbocycles. The van der Waals surface area contributed by atoms with E-state index in [4.69, 9.17) is 10.1 Å². The molecule has 4 aromatic heterocycles. The van der Waals surface area contributed by atoms with Crippen LogP contribution in [0.1, 0.15) is 6.42 Å². The molecule has 6 aromatic rings. The number of likely N-dealkylation sites (tertiary alicyclic amines) is 1. The fourth-order valence-corrected chi connectivity index (χ4v) is 6.32. The molecule has 2 atom stereocenters. The van der Waals surface area contributed by atoms with Crippen molar-refractivity contribution in [2.75, 3.05) is 25.0 Å². The van der Waals surface area contributed by atoms with Crippen LogP contribution in [-0.2, 0) is 0 Å². The van der Waals surface area contributed by atoms with E-state index >= 15 is 0 Å². The van der Waals surface area contributed by atoms with Crippen LogP contribution in [0.2, 0.25) is 0 Å². The van der Waals surface area contributed by atoms with Gasteiger partial charge in [-0.25, -0.2) is 9.50 Å². The zero-order valence-electron chi connectivity index (χ0n) is 21.0. The van der Waals surface area contributed by atoms with Gasteiger partial charge in [0.15, 0.2) is 5.65 Å². The Balaban J connectivity index is 1.28. The van der Waals surface area contributed by atoms with Crippen LogP contribution in [0, 0.1) is 0 Å². The molecule has 38 heavy (non-hydrogen) atoms. The van der Waals surface area contributed by atoms with Crippen molar-refractivity contribution in [3.63, 3.8) is 0 Å². The highest BCUT2D eigenvalue weighted by Gasteiger charge is 2.41. The number of benzene rings is 2. The maximum absolute atomic E-state index is 5.15. The summed E-state index contributed by atoms with van der Waals surface area (Å²) in [4.78, 5) is 14.1. The SMILES string of the molecule is CN1C[C@H]2C[C@@H]1CN2c1ccc(-c2ccnc3c(-c4cccc5[nH]ncc45)c(-c4ccncc4)nn23)cc1. The Morgan fingerprint density at radius 1 is 0.868 bits per heavy atom. The third-order valence-electron chi connectivity index (χ3n) is 8.24. The summed E-state index contributed by atoms with van der Waals surface area (Å²) in [6, 6.07) is 22.4. The average Bonchev–Trinajstić information content (AvgIpc) is 3.75. The van der Waals surface area contributed by atoms with Crippen molar-refractivity contribution in [3.8, 4) is 33.6 Å². The molecule has 8 heteroatoms. The Labute approximate surface area is 219 Å². The number of hydrogen-bond donors (Lipinski definition) is 1. The number of anilines is 1. The van der Waals surface area contributed by atoms with Gasteiger partial charge in [0.05, 0.1) is 23.0 Å². The molecular formula is C30H26N8. The maximum atomic E-state index is 5.15. The van der Waals surface area contributed by atoms with Gasteiger partial charge in [0.2, 0.25) is 0 Å². The molecule has 0 unspecified atom stereocenters. The van der Waals surface area contributed by atoms with E-state index in [1.165, 1.54) is 12.1 Å². The van der Waals surface area contributed by atoms with Crippen LogP contribution < -0.4 is 4.90 Å². The molecule has 0 radical (unpaired) electrons. The zero-order valence-corrected chi connectivity index (χ0v) is 21.0. The molecule has 8 rings (SSSR count). The third kappa shape index (κ3) is 3.20. The van der Waals surface area contributed by atoms with Crippen molar-refractivity contribution >= 4 is 22.2 Å². The van der Waals surface area contributed by atoms with Gasteiger partial charge in [0, 0.05) is 66.0 Å². The molecule has 2 bridgehead atoms. The second kappa shape index (κ2) is 8.22. The standard InChI is InChI=1S/C30H26N8/c1-36-17-23-15-22(36)18-37(23)21-7-5-19(6-8-21)27-11-14-32-30-28(24-3-2-4-26-25(24)16-33-34-26)29(35-38(27)30)20-9-12-31-13-10-20/h2-14,16,22-23H,15,17-18H2,1H3,(H,33,34)/t22-,23-/m1/s1. The van der Waals surface area contributed by atoms with Crippen molar-refractivity contribution < 1.29 is 0 Å². The van der Waals surface area contributed by atoms with E-state index in [0.29, 0.717) is 12.1 Å². The molecular weight excluding hydrogens is 472 g/mol. The number of H-pyrrole nitrogens is 1. The second-order valence-corrected chi connectivity index (χ2v) is 10.3. The van der Waals surface area contributed by atoms with Crippen molar-refractivity contribution in [2.24, 2.45) is 0 Å². The fraction of sp³-hybridized carbons (Fsp3) is 0.200. The lowest BCUT2D eigenvalue weighted by Crippen LogP contribution is -2.44. The molecule has 186 valence electrons. The molecule has 1 N–H and O–H groups in total. The number of fused-ring (bicyclic) bond motifs is 4. The summed E-state index contributed by atoms with van der Waals surface area (Å²) in [5.41, 5.74) is 9.11. The summed E-state index contributed by atoms with van der Waals surface area (Å²) < 4.78 is 1.98. The van der Waals surface area contributed by atoms with Crippen LogP contribution in [0.3, 0.4) is 0 Å². The minimum atomic E-state index is 0.616. The third-order valence-corrected chi connectivity index (χ3v) is 8.24. The Bertz CT molecular complexity index is 1780. The number of aromatic nitrogens is 6. The van der Waals surface area contributed by atoms with E-state index in [0.717, 1.165) is 63.3 Å². The molecule has 2 aliphatic heterocycles. The van der Waals surface area contributed by atoms with E-state index in [-0.39, 0.29) is 0 Å². The minimum Gasteiger partial charge on any atom is -0.366 e. The number of hydrogen-bond acceptors (Lipinski definition) is 6. The van der Waals surface area contributed by atoms with Gasteiger partial charge in [-0.1, -0.05) is 24.3 Å². The number of nitrogens with zero attached hydrogens (tertiary/aromatic N) is 7. The molecule has 2 aliphatic rings. The molecule has 0 saturated carbocycles. The van der Waals surface area contributed by atoms with Gasteiger partial charge in [0.25, 0.3) is 0 Å². The fourth-order valence-electron chi connectivity index (χ4n) is 6.32. The lowest BCUT2D eigenvalue weighted by molar-refractivity contribution is 0.292. The number of likely N-dealkylation sites (N-methyl/N-ethyl adjacent to an activating group) is 1. The summed E-state index contributed by atoms with van der Waals surface area (Å²) in [7, 11) is 2.24. The molecule has 2 saturated heterocycles. The van der Waals surface area contributed by atoms with Crippen LogP contribution in [0.5, 0.6) is 0 Å². The van der Waals surface area contributed by atoms with Crippen LogP contribution in [0.4, 0.5) is 5.69 Å². The zero-order chi connectivity index (χ0) is 25.2. The van der Waals surface area contributed by atoms with Gasteiger partial charge >= 0.3 is 0 Å². The molecule has 0 aliphatic carbocycles. The monoisotopic (exact) mass is 498 g/mol. The van der Waals surface area contributed by atoms with Crippen LogP contribution >= 0.6 is 0 Å². The summed E-state index contributed by atoms with van der Waals surface area (Å²) in [6.45, 7) is 2.26. The summed E-state index contributed by atoms with van der Waals surface area (Å²) >= 11 is 0. The van der Waals surface area contributed by atoms with Gasteiger partial charge < -0.3 is 4.90 Å². The van der Waals surface area contributed by atoms with Gasteiger partial charge in [0.1, 0.15) is 5.69 Å². The second-order valence-electron chi connectivity index (χ2n) is 10.3. The van der Waals surface area contributed by atoms with Crippen molar-refractivity contribution in [2.45, 2.75) is 18.5 Å². The minimum absolute atomic E-state index is 0.616.